The number of hydrogen-bond donors (Lipinski definition) is 1. The second-order valence-corrected chi connectivity index (χ2v) is 5.95. The quantitative estimate of drug-likeness (QED) is 0.824. The predicted molar refractivity (Wildman–Crippen MR) is 94.2 cm³/mol. The van der Waals surface area contributed by atoms with Crippen molar-refractivity contribution in [2.24, 2.45) is 0 Å². The van der Waals surface area contributed by atoms with Gasteiger partial charge in [-0.2, -0.15) is 0 Å². The number of aryl methyl sites for hydroxylation is 1. The molecule has 23 heavy (non-hydrogen) atoms. The van der Waals surface area contributed by atoms with Crippen LogP contribution in [0, 0.1) is 6.92 Å². The summed E-state index contributed by atoms with van der Waals surface area (Å²) in [7, 11) is 1.57. The Hall–Kier alpha value is -2.01. The first-order valence-corrected chi connectivity index (χ1v) is 8.18. The van der Waals surface area contributed by atoms with Gasteiger partial charge in [0.15, 0.2) is 11.5 Å². The van der Waals surface area contributed by atoms with E-state index < -0.39 is 0 Å². The lowest BCUT2D eigenvalue weighted by atomic mass is 10.1. The van der Waals surface area contributed by atoms with Crippen molar-refractivity contribution in [2.75, 3.05) is 13.7 Å². The number of amides is 1. The van der Waals surface area contributed by atoms with Crippen LogP contribution in [0.4, 0.5) is 0 Å². The number of benzene rings is 2. The first-order chi connectivity index (χ1) is 11.0. The predicted octanol–water partition coefficient (Wildman–Crippen LogP) is 4.09. The van der Waals surface area contributed by atoms with Crippen LogP contribution in [0.2, 0.25) is 0 Å². The maximum absolute atomic E-state index is 12.4. The molecule has 0 aliphatic carbocycles. The molecular formula is C18H20BrNO3. The second-order valence-electron chi connectivity index (χ2n) is 5.09. The third-order valence-corrected chi connectivity index (χ3v) is 3.94. The van der Waals surface area contributed by atoms with E-state index in [4.69, 9.17) is 9.47 Å². The van der Waals surface area contributed by atoms with Crippen molar-refractivity contribution in [2.45, 2.75) is 20.4 Å². The molecule has 0 aliphatic heterocycles. The largest absolute Gasteiger partial charge is 0.492 e. The van der Waals surface area contributed by atoms with Crippen LogP contribution in [0.25, 0.3) is 0 Å². The van der Waals surface area contributed by atoms with Gasteiger partial charge in [-0.25, -0.2) is 0 Å². The normalized spacial score (nSPS) is 10.3. The van der Waals surface area contributed by atoms with E-state index >= 15 is 0 Å². The van der Waals surface area contributed by atoms with E-state index in [9.17, 15) is 4.79 Å². The van der Waals surface area contributed by atoms with Gasteiger partial charge in [0, 0.05) is 12.1 Å². The van der Waals surface area contributed by atoms with Crippen molar-refractivity contribution < 1.29 is 14.3 Å². The minimum Gasteiger partial charge on any atom is -0.492 e. The monoisotopic (exact) mass is 377 g/mol. The van der Waals surface area contributed by atoms with Crippen molar-refractivity contribution in [1.29, 1.82) is 0 Å². The Morgan fingerprint density at radius 3 is 2.52 bits per heavy atom. The van der Waals surface area contributed by atoms with Gasteiger partial charge in [0.05, 0.1) is 18.2 Å². The van der Waals surface area contributed by atoms with Crippen molar-refractivity contribution in [3.05, 3.63) is 57.6 Å². The Morgan fingerprint density at radius 1 is 1.22 bits per heavy atom. The summed E-state index contributed by atoms with van der Waals surface area (Å²) < 4.78 is 11.5. The Bertz CT molecular complexity index is 683. The first kappa shape index (κ1) is 17.3. The molecule has 0 spiro atoms. The van der Waals surface area contributed by atoms with E-state index in [2.05, 4.69) is 21.2 Å². The van der Waals surface area contributed by atoms with Crippen LogP contribution in [-0.4, -0.2) is 19.6 Å². The summed E-state index contributed by atoms with van der Waals surface area (Å²) in [6.45, 7) is 4.90. The Morgan fingerprint density at radius 2 is 1.91 bits per heavy atom. The van der Waals surface area contributed by atoms with Gasteiger partial charge in [0.1, 0.15) is 0 Å². The Labute approximate surface area is 144 Å². The fourth-order valence-electron chi connectivity index (χ4n) is 2.15. The van der Waals surface area contributed by atoms with Gasteiger partial charge in [-0.05, 0) is 47.5 Å². The first-order valence-electron chi connectivity index (χ1n) is 7.39. The second kappa shape index (κ2) is 8.02. The maximum atomic E-state index is 12.4. The van der Waals surface area contributed by atoms with E-state index in [-0.39, 0.29) is 5.91 Å². The van der Waals surface area contributed by atoms with E-state index in [1.165, 1.54) is 5.56 Å². The highest BCUT2D eigenvalue weighted by atomic mass is 79.9. The molecule has 1 N–H and O–H groups in total. The average Bonchev–Trinajstić information content (AvgIpc) is 2.54. The van der Waals surface area contributed by atoms with Crippen LogP contribution in [0.15, 0.2) is 40.9 Å². The van der Waals surface area contributed by atoms with Crippen molar-refractivity contribution in [3.8, 4) is 11.5 Å². The fraction of sp³-hybridized carbons (Fsp3) is 0.278. The molecule has 122 valence electrons. The van der Waals surface area contributed by atoms with E-state index in [0.717, 1.165) is 5.56 Å². The molecule has 1 amide bonds. The van der Waals surface area contributed by atoms with Gasteiger partial charge in [0.25, 0.3) is 5.91 Å². The number of carbonyl (C=O) groups excluding carboxylic acids is 1. The van der Waals surface area contributed by atoms with Crippen molar-refractivity contribution in [3.63, 3.8) is 0 Å². The number of hydrogen-bond acceptors (Lipinski definition) is 3. The summed E-state index contributed by atoms with van der Waals surface area (Å²) in [6, 6.07) is 11.5. The molecule has 0 aromatic heterocycles. The summed E-state index contributed by atoms with van der Waals surface area (Å²) in [6.07, 6.45) is 0. The molecule has 0 bridgehead atoms. The lowest BCUT2D eigenvalue weighted by Gasteiger charge is -2.13. The molecule has 2 rings (SSSR count). The molecule has 0 radical (unpaired) electrons. The topological polar surface area (TPSA) is 47.6 Å². The van der Waals surface area contributed by atoms with Crippen LogP contribution in [-0.2, 0) is 6.54 Å². The maximum Gasteiger partial charge on any atom is 0.251 e. The molecule has 0 heterocycles. The fourth-order valence-corrected chi connectivity index (χ4v) is 2.75. The van der Waals surface area contributed by atoms with E-state index in [0.29, 0.717) is 34.7 Å². The van der Waals surface area contributed by atoms with Crippen LogP contribution < -0.4 is 14.8 Å². The summed E-state index contributed by atoms with van der Waals surface area (Å²) in [5.41, 5.74) is 2.77. The third-order valence-electron chi connectivity index (χ3n) is 3.35. The molecule has 2 aromatic rings. The standard InChI is InChI=1S/C18H20BrNO3/c1-4-23-16-10-14(9-15(19)17(16)22-3)18(21)20-11-13-7-5-12(2)6-8-13/h5-10H,4,11H2,1-3H3,(H,20,21). The minimum absolute atomic E-state index is 0.158. The van der Waals surface area contributed by atoms with Crippen LogP contribution in [0.3, 0.4) is 0 Å². The number of nitrogens with one attached hydrogen (secondary N) is 1. The van der Waals surface area contributed by atoms with Crippen LogP contribution in [0.5, 0.6) is 11.5 Å². The molecule has 0 saturated carbocycles. The minimum atomic E-state index is -0.158. The Kier molecular flexibility index (Phi) is 6.04. The molecule has 0 atom stereocenters. The lowest BCUT2D eigenvalue weighted by molar-refractivity contribution is 0.0950. The van der Waals surface area contributed by atoms with Gasteiger partial charge in [-0.15, -0.1) is 0 Å². The summed E-state index contributed by atoms with van der Waals surface area (Å²) in [4.78, 5) is 12.4. The molecular weight excluding hydrogens is 358 g/mol. The summed E-state index contributed by atoms with van der Waals surface area (Å²) in [5, 5.41) is 2.91. The zero-order chi connectivity index (χ0) is 16.8. The number of ether oxygens (including phenoxy) is 2. The van der Waals surface area contributed by atoms with Gasteiger partial charge >= 0.3 is 0 Å². The smallest absolute Gasteiger partial charge is 0.251 e. The van der Waals surface area contributed by atoms with Crippen LogP contribution >= 0.6 is 15.9 Å². The number of halogens is 1. The highest BCUT2D eigenvalue weighted by molar-refractivity contribution is 9.10. The van der Waals surface area contributed by atoms with Crippen LogP contribution in [0.1, 0.15) is 28.4 Å². The molecule has 0 fully saturated rings. The molecule has 0 saturated heterocycles. The molecule has 2 aromatic carbocycles. The number of carbonyl (C=O) groups is 1. The van der Waals surface area contributed by atoms with Gasteiger partial charge in [-0.1, -0.05) is 29.8 Å². The van der Waals surface area contributed by atoms with Gasteiger partial charge in [0.2, 0.25) is 0 Å². The summed E-state index contributed by atoms with van der Waals surface area (Å²) in [5.74, 6) is 0.974. The SMILES string of the molecule is CCOc1cc(C(=O)NCc2ccc(C)cc2)cc(Br)c1OC. The third kappa shape index (κ3) is 4.48. The summed E-state index contributed by atoms with van der Waals surface area (Å²) >= 11 is 3.42. The molecule has 4 nitrogen and oxygen atoms in total. The lowest BCUT2D eigenvalue weighted by Crippen LogP contribution is -2.23. The van der Waals surface area contributed by atoms with Crippen molar-refractivity contribution >= 4 is 21.8 Å². The number of methoxy groups -OCH3 is 1. The zero-order valence-electron chi connectivity index (χ0n) is 13.5. The Balaban J connectivity index is 2.13. The zero-order valence-corrected chi connectivity index (χ0v) is 15.1. The molecule has 5 heteroatoms. The van der Waals surface area contributed by atoms with E-state index in [1.807, 2.05) is 38.1 Å². The highest BCUT2D eigenvalue weighted by Gasteiger charge is 2.15. The average molecular weight is 378 g/mol. The molecule has 0 aliphatic rings. The van der Waals surface area contributed by atoms with E-state index in [1.54, 1.807) is 19.2 Å². The van der Waals surface area contributed by atoms with Gasteiger partial charge in [-0.3, -0.25) is 4.79 Å². The van der Waals surface area contributed by atoms with Gasteiger partial charge < -0.3 is 14.8 Å². The molecule has 0 unspecified atom stereocenters. The number of rotatable bonds is 6. The highest BCUT2D eigenvalue weighted by Crippen LogP contribution is 2.36. The van der Waals surface area contributed by atoms with Crippen molar-refractivity contribution in [1.82, 2.24) is 5.32 Å².